The molecule has 0 unspecified atom stereocenters. The van der Waals surface area contributed by atoms with E-state index in [9.17, 15) is 4.39 Å². The Bertz CT molecular complexity index is 659. The summed E-state index contributed by atoms with van der Waals surface area (Å²) in [4.78, 5) is 4.24. The third-order valence-corrected chi connectivity index (χ3v) is 3.33. The number of nitriles is 1. The number of aromatic nitrogens is 1. The van der Waals surface area contributed by atoms with Gasteiger partial charge in [0.25, 0.3) is 0 Å². The highest BCUT2D eigenvalue weighted by molar-refractivity contribution is 9.10. The van der Waals surface area contributed by atoms with Gasteiger partial charge in [-0.1, -0.05) is 11.6 Å². The fraction of sp³-hybridized carbons (Fsp3) is 0.0769. The lowest BCUT2D eigenvalue weighted by molar-refractivity contribution is 0.627. The summed E-state index contributed by atoms with van der Waals surface area (Å²) >= 11 is 9.20. The number of nitrogens with zero attached hydrogens (tertiary/aromatic N) is 2. The van der Waals surface area contributed by atoms with Gasteiger partial charge in [-0.15, -0.1) is 0 Å². The van der Waals surface area contributed by atoms with Crippen molar-refractivity contribution in [3.05, 3.63) is 50.8 Å². The normalized spacial score (nSPS) is 10.1. The maximum atomic E-state index is 13.1. The Morgan fingerprint density at radius 3 is 2.79 bits per heavy atom. The molecule has 0 saturated carbocycles. The Balaban J connectivity index is 2.48. The second-order valence-electron chi connectivity index (χ2n) is 3.83. The van der Waals surface area contributed by atoms with E-state index < -0.39 is 5.82 Å². The van der Waals surface area contributed by atoms with Crippen LogP contribution in [0.15, 0.2) is 28.7 Å². The summed E-state index contributed by atoms with van der Waals surface area (Å²) in [6.07, 6.45) is 0. The van der Waals surface area contributed by atoms with Crippen LogP contribution >= 0.6 is 27.5 Å². The second-order valence-corrected chi connectivity index (χ2v) is 5.09. The fourth-order valence-corrected chi connectivity index (χ4v) is 2.42. The van der Waals surface area contributed by atoms with E-state index in [2.05, 4.69) is 26.2 Å². The summed E-state index contributed by atoms with van der Waals surface area (Å²) in [7, 11) is 0. The van der Waals surface area contributed by atoms with Gasteiger partial charge in [0.05, 0.1) is 16.3 Å². The number of pyridine rings is 1. The van der Waals surface area contributed by atoms with Gasteiger partial charge in [0.15, 0.2) is 0 Å². The Morgan fingerprint density at radius 2 is 2.16 bits per heavy atom. The molecule has 0 spiro atoms. The van der Waals surface area contributed by atoms with Gasteiger partial charge in [-0.05, 0) is 47.1 Å². The van der Waals surface area contributed by atoms with Crippen molar-refractivity contribution < 1.29 is 4.39 Å². The Hall–Kier alpha value is -1.64. The highest BCUT2D eigenvalue weighted by Crippen LogP contribution is 2.34. The van der Waals surface area contributed by atoms with Crippen molar-refractivity contribution in [2.24, 2.45) is 0 Å². The lowest BCUT2D eigenvalue weighted by atomic mass is 10.2. The molecule has 1 heterocycles. The number of nitrogens with one attached hydrogen (secondary N) is 1. The Morgan fingerprint density at radius 1 is 1.42 bits per heavy atom. The third kappa shape index (κ3) is 3.03. The number of halogens is 3. The summed E-state index contributed by atoms with van der Waals surface area (Å²) in [6, 6.07) is 7.92. The Labute approximate surface area is 123 Å². The summed E-state index contributed by atoms with van der Waals surface area (Å²) < 4.78 is 13.6. The first-order chi connectivity index (χ1) is 9.01. The van der Waals surface area contributed by atoms with Gasteiger partial charge in [0.2, 0.25) is 0 Å². The standard InChI is InChI=1S/C13H8BrClFN3/c1-7-2-3-8(6-17)13(18-7)19-12-10(14)4-9(16)5-11(12)15/h2-5H,1H3,(H,18,19). The van der Waals surface area contributed by atoms with Crippen molar-refractivity contribution in [3.8, 4) is 6.07 Å². The average Bonchev–Trinajstić information content (AvgIpc) is 2.34. The molecule has 2 aromatic rings. The molecule has 0 aliphatic rings. The van der Waals surface area contributed by atoms with E-state index in [-0.39, 0.29) is 5.02 Å². The smallest absolute Gasteiger partial charge is 0.148 e. The van der Waals surface area contributed by atoms with Crippen LogP contribution in [0.5, 0.6) is 0 Å². The molecule has 0 bridgehead atoms. The van der Waals surface area contributed by atoms with E-state index >= 15 is 0 Å². The first-order valence-electron chi connectivity index (χ1n) is 5.30. The third-order valence-electron chi connectivity index (χ3n) is 2.41. The zero-order valence-corrected chi connectivity index (χ0v) is 12.2. The topological polar surface area (TPSA) is 48.7 Å². The maximum Gasteiger partial charge on any atom is 0.148 e. The van der Waals surface area contributed by atoms with E-state index in [4.69, 9.17) is 16.9 Å². The molecule has 0 aliphatic carbocycles. The van der Waals surface area contributed by atoms with Crippen LogP contribution in [-0.4, -0.2) is 4.98 Å². The number of rotatable bonds is 2. The zero-order chi connectivity index (χ0) is 14.0. The predicted molar refractivity (Wildman–Crippen MR) is 76.1 cm³/mol. The quantitative estimate of drug-likeness (QED) is 0.872. The van der Waals surface area contributed by atoms with E-state index in [1.54, 1.807) is 12.1 Å². The van der Waals surface area contributed by atoms with Gasteiger partial charge in [0, 0.05) is 10.2 Å². The molecule has 1 N–H and O–H groups in total. The minimum Gasteiger partial charge on any atom is -0.337 e. The molecule has 0 amide bonds. The average molecular weight is 341 g/mol. The molecule has 0 fully saturated rings. The van der Waals surface area contributed by atoms with Gasteiger partial charge < -0.3 is 5.32 Å². The fourth-order valence-electron chi connectivity index (χ4n) is 1.52. The van der Waals surface area contributed by atoms with Crippen LogP contribution in [0.4, 0.5) is 15.9 Å². The van der Waals surface area contributed by atoms with Crippen molar-refractivity contribution in [1.29, 1.82) is 5.26 Å². The first kappa shape index (κ1) is 13.8. The number of anilines is 2. The van der Waals surface area contributed by atoms with Gasteiger partial charge in [-0.2, -0.15) is 5.26 Å². The van der Waals surface area contributed by atoms with Crippen LogP contribution in [0.1, 0.15) is 11.3 Å². The summed E-state index contributed by atoms with van der Waals surface area (Å²) in [5.74, 6) is -0.0585. The van der Waals surface area contributed by atoms with Crippen molar-refractivity contribution in [1.82, 2.24) is 4.98 Å². The summed E-state index contributed by atoms with van der Waals surface area (Å²) in [5, 5.41) is 12.2. The number of aryl methyl sites for hydroxylation is 1. The number of benzene rings is 1. The van der Waals surface area contributed by atoms with Crippen molar-refractivity contribution >= 4 is 39.0 Å². The summed E-state index contributed by atoms with van der Waals surface area (Å²) in [5.41, 5.74) is 1.62. The minimum absolute atomic E-state index is 0.207. The van der Waals surface area contributed by atoms with Crippen LogP contribution in [0.2, 0.25) is 5.02 Å². The second kappa shape index (κ2) is 5.55. The van der Waals surface area contributed by atoms with E-state index in [0.29, 0.717) is 21.5 Å². The molecule has 0 radical (unpaired) electrons. The van der Waals surface area contributed by atoms with Gasteiger partial charge in [0.1, 0.15) is 17.7 Å². The molecule has 2 rings (SSSR count). The molecule has 6 heteroatoms. The largest absolute Gasteiger partial charge is 0.337 e. The van der Waals surface area contributed by atoms with Crippen LogP contribution in [0.3, 0.4) is 0 Å². The molecule has 0 aliphatic heterocycles. The SMILES string of the molecule is Cc1ccc(C#N)c(Nc2c(Cl)cc(F)cc2Br)n1. The zero-order valence-electron chi connectivity index (χ0n) is 9.84. The first-order valence-corrected chi connectivity index (χ1v) is 6.47. The molecule has 1 aromatic heterocycles. The van der Waals surface area contributed by atoms with Crippen LogP contribution < -0.4 is 5.32 Å². The van der Waals surface area contributed by atoms with E-state index in [1.165, 1.54) is 12.1 Å². The Kier molecular flexibility index (Phi) is 4.03. The van der Waals surface area contributed by atoms with Crippen LogP contribution in [0.25, 0.3) is 0 Å². The van der Waals surface area contributed by atoms with Crippen LogP contribution in [0, 0.1) is 24.1 Å². The highest BCUT2D eigenvalue weighted by atomic mass is 79.9. The molecular formula is C13H8BrClFN3. The molecular weight excluding hydrogens is 333 g/mol. The molecule has 3 nitrogen and oxygen atoms in total. The monoisotopic (exact) mass is 339 g/mol. The van der Waals surface area contributed by atoms with Crippen molar-refractivity contribution in [2.45, 2.75) is 6.92 Å². The lowest BCUT2D eigenvalue weighted by Crippen LogP contribution is -2.00. The molecule has 0 saturated heterocycles. The molecule has 96 valence electrons. The minimum atomic E-state index is -0.444. The lowest BCUT2D eigenvalue weighted by Gasteiger charge is -2.11. The van der Waals surface area contributed by atoms with Crippen molar-refractivity contribution in [3.63, 3.8) is 0 Å². The number of hydrogen-bond donors (Lipinski definition) is 1. The molecule has 1 aromatic carbocycles. The van der Waals surface area contributed by atoms with Crippen LogP contribution in [-0.2, 0) is 0 Å². The summed E-state index contributed by atoms with van der Waals surface area (Å²) in [6.45, 7) is 1.81. The van der Waals surface area contributed by atoms with E-state index in [0.717, 1.165) is 5.69 Å². The maximum absolute atomic E-state index is 13.1. The van der Waals surface area contributed by atoms with Crippen molar-refractivity contribution in [2.75, 3.05) is 5.32 Å². The molecule has 19 heavy (non-hydrogen) atoms. The van der Waals surface area contributed by atoms with Gasteiger partial charge in [-0.25, -0.2) is 9.37 Å². The van der Waals surface area contributed by atoms with E-state index in [1.807, 2.05) is 13.0 Å². The van der Waals surface area contributed by atoms with Gasteiger partial charge in [-0.3, -0.25) is 0 Å². The predicted octanol–water partition coefficient (Wildman–Crippen LogP) is 4.56. The molecule has 0 atom stereocenters. The number of hydrogen-bond acceptors (Lipinski definition) is 3. The highest BCUT2D eigenvalue weighted by Gasteiger charge is 2.11. The van der Waals surface area contributed by atoms with Gasteiger partial charge >= 0.3 is 0 Å².